The molecule has 2 aromatic rings. The Hall–Kier alpha value is -3.78. The van der Waals surface area contributed by atoms with Gasteiger partial charge in [0.25, 0.3) is 5.91 Å². The number of imide groups is 1. The third kappa shape index (κ3) is 4.70. The minimum Gasteiger partial charge on any atom is -0.493 e. The molecule has 0 unspecified atom stereocenters. The Morgan fingerprint density at radius 1 is 1.32 bits per heavy atom. The first kappa shape index (κ1) is 21.9. The topological polar surface area (TPSA) is 131 Å². The highest BCUT2D eigenvalue weighted by molar-refractivity contribution is 9.10. The molecule has 10 nitrogen and oxygen atoms in total. The fraction of sp³-hybridized carbons (Fsp3) is 0.200. The highest BCUT2D eigenvalue weighted by Gasteiger charge is 2.34. The van der Waals surface area contributed by atoms with Crippen LogP contribution in [0.5, 0.6) is 11.5 Å². The number of nitrogens with zero attached hydrogens (tertiary/aromatic N) is 2. The fourth-order valence-electron chi connectivity index (χ4n) is 2.78. The predicted octanol–water partition coefficient (Wildman–Crippen LogP) is 2.83. The molecule has 1 aromatic heterocycles. The number of methoxy groups -OCH3 is 2. The lowest BCUT2D eigenvalue weighted by molar-refractivity contribution is -0.123. The van der Waals surface area contributed by atoms with Crippen LogP contribution in [0.2, 0.25) is 0 Å². The minimum absolute atomic E-state index is 0.0315. The maximum absolute atomic E-state index is 12.7. The molecule has 3 amide bonds. The summed E-state index contributed by atoms with van der Waals surface area (Å²) in [6.45, 7) is -0.323. The molecule has 1 aromatic carbocycles. The Balaban J connectivity index is 1.81. The van der Waals surface area contributed by atoms with Crippen LogP contribution in [0, 0.1) is 11.3 Å². The van der Waals surface area contributed by atoms with Gasteiger partial charge in [-0.15, -0.1) is 0 Å². The lowest BCUT2D eigenvalue weighted by Crippen LogP contribution is -2.30. The van der Waals surface area contributed by atoms with E-state index in [0.717, 1.165) is 4.90 Å². The summed E-state index contributed by atoms with van der Waals surface area (Å²) < 4.78 is 21.0. The molecule has 0 radical (unpaired) electrons. The van der Waals surface area contributed by atoms with Crippen molar-refractivity contribution in [3.8, 4) is 17.6 Å². The second-order valence-corrected chi connectivity index (χ2v) is 6.97. The van der Waals surface area contributed by atoms with Crippen molar-refractivity contribution in [3.63, 3.8) is 0 Å². The summed E-state index contributed by atoms with van der Waals surface area (Å²) in [6.07, 6.45) is 1.48. The first-order chi connectivity index (χ1) is 14.9. The number of hydrogen-bond donors (Lipinski definition) is 1. The quantitative estimate of drug-likeness (QED) is 0.356. The predicted molar refractivity (Wildman–Crippen MR) is 109 cm³/mol. The van der Waals surface area contributed by atoms with Gasteiger partial charge in [-0.25, -0.2) is 9.59 Å². The number of hydrogen-bond acceptors (Lipinski definition) is 8. The summed E-state index contributed by atoms with van der Waals surface area (Å²) >= 11 is 3.34. The summed E-state index contributed by atoms with van der Waals surface area (Å²) in [7, 11) is 2.66. The number of ether oxygens (including phenoxy) is 3. The smallest absolute Gasteiger partial charge is 0.373 e. The number of nitrogens with one attached hydrogen (secondary N) is 1. The van der Waals surface area contributed by atoms with Crippen molar-refractivity contribution in [1.82, 2.24) is 10.2 Å². The number of benzene rings is 1. The van der Waals surface area contributed by atoms with Crippen molar-refractivity contribution in [3.05, 3.63) is 51.5 Å². The molecule has 0 atom stereocenters. The van der Waals surface area contributed by atoms with E-state index in [0.29, 0.717) is 21.5 Å². The van der Waals surface area contributed by atoms with E-state index < -0.39 is 17.9 Å². The van der Waals surface area contributed by atoms with Gasteiger partial charge in [-0.2, -0.15) is 5.26 Å². The van der Waals surface area contributed by atoms with E-state index >= 15 is 0 Å². The van der Waals surface area contributed by atoms with E-state index in [-0.39, 0.29) is 30.4 Å². The number of carbonyl (C=O) groups is 3. The molecule has 0 saturated carbocycles. The van der Waals surface area contributed by atoms with Gasteiger partial charge in [0.15, 0.2) is 18.1 Å². The Morgan fingerprint density at radius 3 is 2.77 bits per heavy atom. The number of rotatable bonds is 7. The molecule has 0 aliphatic carbocycles. The van der Waals surface area contributed by atoms with Crippen LogP contribution in [-0.4, -0.2) is 43.6 Å². The second kappa shape index (κ2) is 9.36. The first-order valence-electron chi connectivity index (χ1n) is 8.76. The first-order valence-corrected chi connectivity index (χ1v) is 9.56. The molecule has 1 fully saturated rings. The van der Waals surface area contributed by atoms with Crippen molar-refractivity contribution >= 4 is 39.9 Å². The summed E-state index contributed by atoms with van der Waals surface area (Å²) in [5, 5.41) is 11.2. The Morgan fingerprint density at radius 2 is 2.10 bits per heavy atom. The van der Waals surface area contributed by atoms with Crippen LogP contribution in [0.3, 0.4) is 0 Å². The van der Waals surface area contributed by atoms with E-state index in [2.05, 4.69) is 26.0 Å². The van der Waals surface area contributed by atoms with Gasteiger partial charge >= 0.3 is 12.0 Å². The normalized spacial score (nSPS) is 14.4. The molecule has 1 N–H and O–H groups in total. The lowest BCUT2D eigenvalue weighted by Gasteiger charge is -2.11. The number of furan rings is 1. The lowest BCUT2D eigenvalue weighted by atomic mass is 10.1. The van der Waals surface area contributed by atoms with Gasteiger partial charge in [0.05, 0.1) is 25.2 Å². The van der Waals surface area contributed by atoms with Crippen LogP contribution in [0.25, 0.3) is 6.08 Å². The number of amides is 3. The van der Waals surface area contributed by atoms with Gasteiger partial charge in [0.2, 0.25) is 5.76 Å². The maximum atomic E-state index is 12.7. The van der Waals surface area contributed by atoms with E-state index in [1.165, 1.54) is 32.4 Å². The molecule has 1 aliphatic rings. The van der Waals surface area contributed by atoms with Crippen molar-refractivity contribution in [2.45, 2.75) is 6.54 Å². The van der Waals surface area contributed by atoms with Crippen LogP contribution in [-0.2, 0) is 16.1 Å². The molecule has 1 saturated heterocycles. The zero-order chi connectivity index (χ0) is 22.5. The number of urea groups is 1. The molecule has 2 heterocycles. The SMILES string of the molecule is COC(=O)c1ccc(CN2C(=O)NC(=Cc3cc(Br)c(OCC#N)c(OC)c3)C2=O)o1. The molecule has 0 spiro atoms. The van der Waals surface area contributed by atoms with Crippen molar-refractivity contribution in [2.75, 3.05) is 20.8 Å². The van der Waals surface area contributed by atoms with Crippen LogP contribution in [0.15, 0.2) is 38.9 Å². The molecular formula is C20H16BrN3O7. The van der Waals surface area contributed by atoms with E-state index in [4.69, 9.17) is 19.2 Å². The average molecular weight is 490 g/mol. The summed E-state index contributed by atoms with van der Waals surface area (Å²) in [4.78, 5) is 37.4. The van der Waals surface area contributed by atoms with E-state index in [1.807, 2.05) is 6.07 Å². The van der Waals surface area contributed by atoms with Gasteiger partial charge in [-0.05, 0) is 51.8 Å². The number of halogens is 1. The highest BCUT2D eigenvalue weighted by atomic mass is 79.9. The average Bonchev–Trinajstić information content (AvgIpc) is 3.32. The molecule has 11 heteroatoms. The van der Waals surface area contributed by atoms with Crippen LogP contribution in [0.4, 0.5) is 4.79 Å². The van der Waals surface area contributed by atoms with Crippen LogP contribution < -0.4 is 14.8 Å². The minimum atomic E-state index is -0.661. The molecular weight excluding hydrogens is 474 g/mol. The standard InChI is InChI=1S/C20H16BrN3O7/c1-28-16-9-11(7-13(21)17(16)30-6-5-22)8-14-18(25)24(20(27)23-14)10-12-3-4-15(31-12)19(26)29-2/h3-4,7-9H,6,10H2,1-2H3,(H,23,27). The number of carbonyl (C=O) groups excluding carboxylic acids is 3. The molecule has 1 aliphatic heterocycles. The summed E-state index contributed by atoms with van der Waals surface area (Å²) in [6, 6.07) is 7.37. The molecule has 160 valence electrons. The monoisotopic (exact) mass is 489 g/mol. The summed E-state index contributed by atoms with van der Waals surface area (Å²) in [5.41, 5.74) is 0.592. The van der Waals surface area contributed by atoms with Crippen molar-refractivity contribution in [2.24, 2.45) is 0 Å². The van der Waals surface area contributed by atoms with Crippen LogP contribution >= 0.6 is 15.9 Å². The number of esters is 1. The van der Waals surface area contributed by atoms with Gasteiger partial charge in [-0.3, -0.25) is 9.69 Å². The zero-order valence-corrected chi connectivity index (χ0v) is 18.0. The molecule has 31 heavy (non-hydrogen) atoms. The van der Waals surface area contributed by atoms with Gasteiger partial charge < -0.3 is 23.9 Å². The Labute approximate surface area is 185 Å². The van der Waals surface area contributed by atoms with E-state index in [1.54, 1.807) is 12.1 Å². The highest BCUT2D eigenvalue weighted by Crippen LogP contribution is 2.37. The maximum Gasteiger partial charge on any atom is 0.373 e. The Kier molecular flexibility index (Phi) is 6.61. The Bertz CT molecular complexity index is 1120. The van der Waals surface area contributed by atoms with Crippen molar-refractivity contribution < 1.29 is 33.0 Å². The molecule has 3 rings (SSSR count). The molecule has 0 bridgehead atoms. The third-order valence-corrected chi connectivity index (χ3v) is 4.76. The summed E-state index contributed by atoms with van der Waals surface area (Å²) in [5.74, 6) is -0.332. The van der Waals surface area contributed by atoms with Gasteiger partial charge in [-0.1, -0.05) is 0 Å². The van der Waals surface area contributed by atoms with Gasteiger partial charge in [0, 0.05) is 0 Å². The fourth-order valence-corrected chi connectivity index (χ4v) is 3.35. The third-order valence-electron chi connectivity index (χ3n) is 4.17. The van der Waals surface area contributed by atoms with Gasteiger partial charge in [0.1, 0.15) is 17.5 Å². The van der Waals surface area contributed by atoms with Crippen LogP contribution in [0.1, 0.15) is 21.9 Å². The van der Waals surface area contributed by atoms with E-state index in [9.17, 15) is 14.4 Å². The largest absolute Gasteiger partial charge is 0.493 e. The van der Waals surface area contributed by atoms with Crippen molar-refractivity contribution in [1.29, 1.82) is 5.26 Å². The number of nitriles is 1. The zero-order valence-electron chi connectivity index (χ0n) is 16.4. The second-order valence-electron chi connectivity index (χ2n) is 6.12.